The van der Waals surface area contributed by atoms with E-state index in [4.69, 9.17) is 16.6 Å². The molecule has 6 heteroatoms. The Labute approximate surface area is 199 Å². The van der Waals surface area contributed by atoms with E-state index in [0.717, 1.165) is 28.8 Å². The molecular weight excluding hydrogens is 430 g/mol. The summed E-state index contributed by atoms with van der Waals surface area (Å²) in [6.45, 7) is 6.36. The number of carbonyl (C=O) groups is 1. The molecule has 1 aromatic heterocycles. The summed E-state index contributed by atoms with van der Waals surface area (Å²) in [6, 6.07) is 21.5. The average Bonchev–Trinajstić information content (AvgIpc) is 3.21. The van der Waals surface area contributed by atoms with Crippen LogP contribution in [0.1, 0.15) is 59.6 Å². The van der Waals surface area contributed by atoms with Crippen LogP contribution < -0.4 is 10.6 Å². The molecule has 5 nitrogen and oxygen atoms in total. The van der Waals surface area contributed by atoms with Gasteiger partial charge in [-0.05, 0) is 77.6 Å². The van der Waals surface area contributed by atoms with E-state index in [9.17, 15) is 4.79 Å². The quantitative estimate of drug-likeness (QED) is 0.336. The highest BCUT2D eigenvalue weighted by atomic mass is 32.1. The minimum absolute atomic E-state index is 0.235. The number of rotatable bonds is 6. The van der Waals surface area contributed by atoms with Crippen molar-refractivity contribution in [2.45, 2.75) is 39.5 Å². The molecule has 0 aliphatic rings. The number of nitrogens with one attached hydrogen (secondary N) is 2. The number of thiocarbonyl (C=S) groups is 1. The van der Waals surface area contributed by atoms with Crippen molar-refractivity contribution in [3.8, 4) is 0 Å². The van der Waals surface area contributed by atoms with Crippen LogP contribution in [0, 0.1) is 0 Å². The first-order chi connectivity index (χ1) is 15.9. The first-order valence-electron chi connectivity index (χ1n) is 11.1. The second kappa shape index (κ2) is 9.96. The first kappa shape index (κ1) is 22.7. The highest BCUT2D eigenvalue weighted by Gasteiger charge is 2.10. The van der Waals surface area contributed by atoms with Gasteiger partial charge >= 0.3 is 0 Å². The van der Waals surface area contributed by atoms with Gasteiger partial charge in [0.1, 0.15) is 5.52 Å². The molecule has 1 heterocycles. The van der Waals surface area contributed by atoms with Gasteiger partial charge in [0.2, 0.25) is 0 Å². The summed E-state index contributed by atoms with van der Waals surface area (Å²) in [5.74, 6) is 0.871. The molecule has 4 aromatic rings. The second-order valence-electron chi connectivity index (χ2n) is 8.32. The van der Waals surface area contributed by atoms with Crippen LogP contribution in [-0.2, 0) is 12.8 Å². The number of nitrogens with zero attached hydrogens (tertiary/aromatic N) is 1. The van der Waals surface area contributed by atoms with Crippen molar-refractivity contribution in [1.82, 2.24) is 10.3 Å². The predicted octanol–water partition coefficient (Wildman–Crippen LogP) is 6.23. The Morgan fingerprint density at radius 3 is 2.36 bits per heavy atom. The van der Waals surface area contributed by atoms with Crippen LogP contribution in [0.3, 0.4) is 0 Å². The van der Waals surface area contributed by atoms with Gasteiger partial charge in [-0.25, -0.2) is 4.98 Å². The Morgan fingerprint density at radius 1 is 1.00 bits per heavy atom. The maximum absolute atomic E-state index is 12.4. The summed E-state index contributed by atoms with van der Waals surface area (Å²) in [5.41, 5.74) is 6.57. The molecule has 4 rings (SSSR count). The lowest BCUT2D eigenvalue weighted by Crippen LogP contribution is -2.34. The third-order valence-corrected chi connectivity index (χ3v) is 5.74. The number of benzene rings is 3. The van der Waals surface area contributed by atoms with E-state index in [0.29, 0.717) is 23.8 Å². The summed E-state index contributed by atoms with van der Waals surface area (Å²) in [7, 11) is 0. The van der Waals surface area contributed by atoms with Crippen molar-refractivity contribution in [2.75, 3.05) is 5.32 Å². The highest BCUT2D eigenvalue weighted by molar-refractivity contribution is 7.80. The number of aryl methyl sites for hydroxylation is 1. The molecule has 0 saturated heterocycles. The van der Waals surface area contributed by atoms with E-state index in [-0.39, 0.29) is 11.0 Å². The Kier molecular flexibility index (Phi) is 6.84. The minimum atomic E-state index is -0.235. The fourth-order valence-electron chi connectivity index (χ4n) is 3.55. The summed E-state index contributed by atoms with van der Waals surface area (Å²) in [4.78, 5) is 17.1. The smallest absolute Gasteiger partial charge is 0.257 e. The maximum atomic E-state index is 12.4. The van der Waals surface area contributed by atoms with Gasteiger partial charge in [-0.2, -0.15) is 0 Å². The minimum Gasteiger partial charge on any atom is -0.440 e. The van der Waals surface area contributed by atoms with Crippen LogP contribution in [0.5, 0.6) is 0 Å². The zero-order valence-corrected chi connectivity index (χ0v) is 19.8. The fourth-order valence-corrected chi connectivity index (χ4v) is 3.76. The number of hydrogen-bond donors (Lipinski definition) is 2. The monoisotopic (exact) mass is 457 g/mol. The molecule has 0 bridgehead atoms. The van der Waals surface area contributed by atoms with Gasteiger partial charge < -0.3 is 9.73 Å². The molecule has 0 spiro atoms. The van der Waals surface area contributed by atoms with Crippen molar-refractivity contribution in [3.05, 3.63) is 94.9 Å². The lowest BCUT2D eigenvalue weighted by molar-refractivity contribution is 0.0977. The Morgan fingerprint density at radius 2 is 1.70 bits per heavy atom. The largest absolute Gasteiger partial charge is 0.440 e. The van der Waals surface area contributed by atoms with Crippen molar-refractivity contribution >= 4 is 40.0 Å². The molecule has 0 radical (unpaired) electrons. The molecule has 3 aromatic carbocycles. The topological polar surface area (TPSA) is 67.2 Å². The average molecular weight is 458 g/mol. The second-order valence-corrected chi connectivity index (χ2v) is 8.73. The number of amides is 1. The Balaban J connectivity index is 1.34. The van der Waals surface area contributed by atoms with E-state index < -0.39 is 0 Å². The summed E-state index contributed by atoms with van der Waals surface area (Å²) in [5, 5.41) is 6.04. The molecule has 168 valence electrons. The molecule has 1 amide bonds. The fraction of sp³-hybridized carbons (Fsp3) is 0.222. The number of anilines is 1. The standard InChI is InChI=1S/C27H27N3O2S/c1-4-18-7-14-24-23(15-18)29-25(32-24)16-19-5-12-22(13-6-19)28-27(33)30-26(31)21-10-8-20(9-11-21)17(2)3/h5-15,17H,4,16H2,1-3H3,(H2,28,30,31,33). The number of carbonyl (C=O) groups excluding carboxylic acids is 1. The molecule has 0 atom stereocenters. The van der Waals surface area contributed by atoms with Crippen LogP contribution in [0.2, 0.25) is 0 Å². The molecule has 0 aliphatic heterocycles. The van der Waals surface area contributed by atoms with E-state index in [1.165, 1.54) is 11.1 Å². The van der Waals surface area contributed by atoms with E-state index in [1.807, 2.05) is 54.6 Å². The van der Waals surface area contributed by atoms with Crippen LogP contribution in [0.25, 0.3) is 11.1 Å². The molecule has 33 heavy (non-hydrogen) atoms. The number of oxazole rings is 1. The summed E-state index contributed by atoms with van der Waals surface area (Å²) >= 11 is 5.31. The molecule has 2 N–H and O–H groups in total. The third kappa shape index (κ3) is 5.65. The Bertz CT molecular complexity index is 1280. The SMILES string of the molecule is CCc1ccc2oc(Cc3ccc(NC(=S)NC(=O)c4ccc(C(C)C)cc4)cc3)nc2c1. The van der Waals surface area contributed by atoms with Crippen LogP contribution >= 0.6 is 12.2 Å². The zero-order chi connectivity index (χ0) is 23.4. The number of aromatic nitrogens is 1. The molecule has 0 unspecified atom stereocenters. The van der Waals surface area contributed by atoms with Crippen molar-refractivity contribution in [3.63, 3.8) is 0 Å². The van der Waals surface area contributed by atoms with Crippen molar-refractivity contribution < 1.29 is 9.21 Å². The van der Waals surface area contributed by atoms with Gasteiger partial charge in [0, 0.05) is 17.7 Å². The number of hydrogen-bond acceptors (Lipinski definition) is 4. The Hall–Kier alpha value is -3.51. The maximum Gasteiger partial charge on any atom is 0.257 e. The van der Waals surface area contributed by atoms with Crippen molar-refractivity contribution in [2.24, 2.45) is 0 Å². The van der Waals surface area contributed by atoms with E-state index >= 15 is 0 Å². The predicted molar refractivity (Wildman–Crippen MR) is 137 cm³/mol. The van der Waals surface area contributed by atoms with Crippen LogP contribution in [-0.4, -0.2) is 16.0 Å². The van der Waals surface area contributed by atoms with E-state index in [2.05, 4.69) is 48.5 Å². The summed E-state index contributed by atoms with van der Waals surface area (Å²) < 4.78 is 5.88. The molecular formula is C27H27N3O2S. The third-order valence-electron chi connectivity index (χ3n) is 5.54. The van der Waals surface area contributed by atoms with Gasteiger partial charge in [-0.15, -0.1) is 0 Å². The molecule has 0 saturated carbocycles. The van der Waals surface area contributed by atoms with Gasteiger partial charge in [-0.3, -0.25) is 10.1 Å². The van der Waals surface area contributed by atoms with Gasteiger partial charge in [-0.1, -0.05) is 51.1 Å². The van der Waals surface area contributed by atoms with Crippen LogP contribution in [0.4, 0.5) is 5.69 Å². The number of fused-ring (bicyclic) bond motifs is 1. The lowest BCUT2D eigenvalue weighted by atomic mass is 10.0. The van der Waals surface area contributed by atoms with Gasteiger partial charge in [0.15, 0.2) is 16.6 Å². The van der Waals surface area contributed by atoms with E-state index in [1.54, 1.807) is 0 Å². The molecule has 0 aliphatic carbocycles. The van der Waals surface area contributed by atoms with Crippen LogP contribution in [0.15, 0.2) is 71.1 Å². The van der Waals surface area contributed by atoms with Crippen molar-refractivity contribution in [1.29, 1.82) is 0 Å². The lowest BCUT2D eigenvalue weighted by Gasteiger charge is -2.11. The molecule has 0 fully saturated rings. The zero-order valence-electron chi connectivity index (χ0n) is 19.0. The highest BCUT2D eigenvalue weighted by Crippen LogP contribution is 2.20. The normalized spacial score (nSPS) is 11.0. The first-order valence-corrected chi connectivity index (χ1v) is 11.5. The summed E-state index contributed by atoms with van der Waals surface area (Å²) in [6.07, 6.45) is 1.57. The van der Waals surface area contributed by atoms with Gasteiger partial charge in [0.05, 0.1) is 0 Å². The van der Waals surface area contributed by atoms with Gasteiger partial charge in [0.25, 0.3) is 5.91 Å².